The Morgan fingerprint density at radius 3 is 2.50 bits per heavy atom. The number of carbonyl (C=O) groups is 1. The molecule has 1 aromatic rings. The normalized spacial score (nSPS) is 12.7. The molecule has 0 bridgehead atoms. The molecule has 0 unspecified atom stereocenters. The number of carbonyl (C=O) groups excluding carboxylic acids is 1. The number of aliphatic hydroxyl groups excluding tert-OH is 1. The number of rotatable bonds is 8. The van der Waals surface area contributed by atoms with Crippen molar-refractivity contribution in [3.63, 3.8) is 0 Å². The van der Waals surface area contributed by atoms with Crippen LogP contribution in [0.2, 0.25) is 0 Å². The lowest BCUT2D eigenvalue weighted by atomic mass is 10.1. The number of hydrogen-bond acceptors (Lipinski definition) is 4. The number of amides is 1. The zero-order valence-electron chi connectivity index (χ0n) is 13.8. The van der Waals surface area contributed by atoms with Gasteiger partial charge in [-0.05, 0) is 45.7 Å². The molecule has 0 saturated carbocycles. The summed E-state index contributed by atoms with van der Waals surface area (Å²) in [7, 11) is 0. The summed E-state index contributed by atoms with van der Waals surface area (Å²) in [5, 5.41) is 15.4. The van der Waals surface area contributed by atoms with Gasteiger partial charge in [-0.25, -0.2) is 4.79 Å². The van der Waals surface area contributed by atoms with E-state index in [0.717, 1.165) is 19.4 Å². The maximum atomic E-state index is 11.5. The van der Waals surface area contributed by atoms with Crippen molar-refractivity contribution in [2.75, 3.05) is 19.7 Å². The van der Waals surface area contributed by atoms with Crippen LogP contribution < -0.4 is 10.6 Å². The first kappa shape index (κ1) is 18.5. The second-order valence-electron chi connectivity index (χ2n) is 6.31. The van der Waals surface area contributed by atoms with Gasteiger partial charge in [-0.1, -0.05) is 30.3 Å². The molecule has 22 heavy (non-hydrogen) atoms. The zero-order valence-corrected chi connectivity index (χ0v) is 13.8. The summed E-state index contributed by atoms with van der Waals surface area (Å²) in [6, 6.07) is 10.1. The van der Waals surface area contributed by atoms with Crippen LogP contribution in [0.1, 0.15) is 32.8 Å². The molecule has 0 aliphatic rings. The Labute approximate surface area is 133 Å². The van der Waals surface area contributed by atoms with Gasteiger partial charge < -0.3 is 20.5 Å². The van der Waals surface area contributed by atoms with Crippen LogP contribution in [0, 0.1) is 0 Å². The number of hydrogen-bond donors (Lipinski definition) is 3. The Morgan fingerprint density at radius 2 is 1.91 bits per heavy atom. The van der Waals surface area contributed by atoms with E-state index in [4.69, 9.17) is 4.74 Å². The molecule has 124 valence electrons. The maximum Gasteiger partial charge on any atom is 0.407 e. The molecule has 0 aromatic heterocycles. The topological polar surface area (TPSA) is 70.6 Å². The highest BCUT2D eigenvalue weighted by molar-refractivity contribution is 5.67. The minimum absolute atomic E-state index is 0.0314. The third-order valence-electron chi connectivity index (χ3n) is 3.00. The molecular formula is C17H28N2O3. The zero-order chi connectivity index (χ0) is 16.4. The van der Waals surface area contributed by atoms with E-state index in [1.54, 1.807) is 0 Å². The van der Waals surface area contributed by atoms with E-state index >= 15 is 0 Å². The fourth-order valence-corrected chi connectivity index (χ4v) is 2.00. The molecule has 5 heteroatoms. The van der Waals surface area contributed by atoms with Crippen molar-refractivity contribution in [1.82, 2.24) is 10.6 Å². The van der Waals surface area contributed by atoms with Crippen LogP contribution in [0.3, 0.4) is 0 Å². The van der Waals surface area contributed by atoms with Gasteiger partial charge >= 0.3 is 6.09 Å². The first-order valence-corrected chi connectivity index (χ1v) is 7.76. The molecule has 1 rings (SSSR count). The van der Waals surface area contributed by atoms with Crippen LogP contribution in [0.15, 0.2) is 30.3 Å². The van der Waals surface area contributed by atoms with Gasteiger partial charge in [0.25, 0.3) is 0 Å². The van der Waals surface area contributed by atoms with Gasteiger partial charge in [0.2, 0.25) is 0 Å². The van der Waals surface area contributed by atoms with E-state index < -0.39 is 11.7 Å². The first-order chi connectivity index (χ1) is 10.4. The summed E-state index contributed by atoms with van der Waals surface area (Å²) in [4.78, 5) is 11.5. The van der Waals surface area contributed by atoms with Gasteiger partial charge in [-0.2, -0.15) is 0 Å². The quantitative estimate of drug-likeness (QED) is 0.643. The first-order valence-electron chi connectivity index (χ1n) is 7.76. The van der Waals surface area contributed by atoms with Gasteiger partial charge in [-0.15, -0.1) is 0 Å². The SMILES string of the molecule is CC(C)(C)OC(=O)NCCCN[C@H](CO)Cc1ccccc1. The molecule has 5 nitrogen and oxygen atoms in total. The number of benzene rings is 1. The smallest absolute Gasteiger partial charge is 0.407 e. The number of alkyl carbamates (subject to hydrolysis) is 1. The predicted molar refractivity (Wildman–Crippen MR) is 87.9 cm³/mol. The molecule has 0 heterocycles. The van der Waals surface area contributed by atoms with Gasteiger partial charge in [0.15, 0.2) is 0 Å². The highest BCUT2D eigenvalue weighted by atomic mass is 16.6. The molecule has 1 atom stereocenters. The monoisotopic (exact) mass is 308 g/mol. The Hall–Kier alpha value is -1.59. The molecule has 0 saturated heterocycles. The number of nitrogens with one attached hydrogen (secondary N) is 2. The number of ether oxygens (including phenoxy) is 1. The molecule has 0 aliphatic carbocycles. The Balaban J connectivity index is 2.16. The highest BCUT2D eigenvalue weighted by Gasteiger charge is 2.15. The van der Waals surface area contributed by atoms with E-state index in [0.29, 0.717) is 6.54 Å². The predicted octanol–water partition coefficient (Wildman–Crippen LogP) is 2.09. The van der Waals surface area contributed by atoms with Gasteiger partial charge in [-0.3, -0.25) is 0 Å². The minimum atomic E-state index is -0.472. The lowest BCUT2D eigenvalue weighted by Crippen LogP contribution is -2.37. The summed E-state index contributed by atoms with van der Waals surface area (Å²) >= 11 is 0. The summed E-state index contributed by atoms with van der Waals surface area (Å²) in [6.45, 7) is 6.88. The maximum absolute atomic E-state index is 11.5. The van der Waals surface area contributed by atoms with Gasteiger partial charge in [0, 0.05) is 12.6 Å². The van der Waals surface area contributed by atoms with Crippen LogP contribution in [-0.4, -0.2) is 42.5 Å². The number of aliphatic hydroxyl groups is 1. The second kappa shape index (κ2) is 9.43. The van der Waals surface area contributed by atoms with Crippen molar-refractivity contribution in [2.24, 2.45) is 0 Å². The van der Waals surface area contributed by atoms with E-state index in [1.807, 2.05) is 51.1 Å². The second-order valence-corrected chi connectivity index (χ2v) is 6.31. The van der Waals surface area contributed by atoms with Crippen molar-refractivity contribution in [2.45, 2.75) is 45.3 Å². The molecule has 3 N–H and O–H groups in total. The standard InChI is InChI=1S/C17H28N2O3/c1-17(2,3)22-16(21)19-11-7-10-18-15(13-20)12-14-8-5-4-6-9-14/h4-6,8-9,15,18,20H,7,10-13H2,1-3H3,(H,19,21)/t15-/m0/s1. The van der Waals surface area contributed by atoms with E-state index in [1.165, 1.54) is 5.56 Å². The lowest BCUT2D eigenvalue weighted by Gasteiger charge is -2.20. The van der Waals surface area contributed by atoms with Crippen LogP contribution >= 0.6 is 0 Å². The molecular weight excluding hydrogens is 280 g/mol. The van der Waals surface area contributed by atoms with Crippen LogP contribution in [0.25, 0.3) is 0 Å². The Bertz CT molecular complexity index is 429. The van der Waals surface area contributed by atoms with Crippen LogP contribution in [0.4, 0.5) is 4.79 Å². The Morgan fingerprint density at radius 1 is 1.23 bits per heavy atom. The summed E-state index contributed by atoms with van der Waals surface area (Å²) in [5.41, 5.74) is 0.723. The fourth-order valence-electron chi connectivity index (χ4n) is 2.00. The van der Waals surface area contributed by atoms with Crippen molar-refractivity contribution in [3.05, 3.63) is 35.9 Å². The van der Waals surface area contributed by atoms with Crippen molar-refractivity contribution >= 4 is 6.09 Å². The average molecular weight is 308 g/mol. The largest absolute Gasteiger partial charge is 0.444 e. The van der Waals surface area contributed by atoms with Crippen molar-refractivity contribution < 1.29 is 14.6 Å². The third-order valence-corrected chi connectivity index (χ3v) is 3.00. The van der Waals surface area contributed by atoms with Crippen molar-refractivity contribution in [1.29, 1.82) is 0 Å². The lowest BCUT2D eigenvalue weighted by molar-refractivity contribution is 0.0527. The highest BCUT2D eigenvalue weighted by Crippen LogP contribution is 2.06. The molecule has 1 aromatic carbocycles. The molecule has 0 aliphatic heterocycles. The minimum Gasteiger partial charge on any atom is -0.444 e. The summed E-state index contributed by atoms with van der Waals surface area (Å²) in [5.74, 6) is 0. The summed E-state index contributed by atoms with van der Waals surface area (Å²) in [6.07, 6.45) is 1.18. The molecule has 0 spiro atoms. The molecule has 0 fully saturated rings. The molecule has 0 radical (unpaired) electrons. The van der Waals surface area contributed by atoms with Crippen LogP contribution in [0.5, 0.6) is 0 Å². The van der Waals surface area contributed by atoms with Crippen molar-refractivity contribution in [3.8, 4) is 0 Å². The molecule has 1 amide bonds. The van der Waals surface area contributed by atoms with Gasteiger partial charge in [0.1, 0.15) is 5.60 Å². The van der Waals surface area contributed by atoms with E-state index in [-0.39, 0.29) is 12.6 Å². The van der Waals surface area contributed by atoms with Crippen LogP contribution in [-0.2, 0) is 11.2 Å². The average Bonchev–Trinajstić information content (AvgIpc) is 2.45. The summed E-state index contributed by atoms with van der Waals surface area (Å²) < 4.78 is 5.16. The fraction of sp³-hybridized carbons (Fsp3) is 0.588. The van der Waals surface area contributed by atoms with E-state index in [2.05, 4.69) is 10.6 Å². The van der Waals surface area contributed by atoms with E-state index in [9.17, 15) is 9.90 Å². The third kappa shape index (κ3) is 8.64. The Kier molecular flexibility index (Phi) is 7.91. The van der Waals surface area contributed by atoms with Gasteiger partial charge in [0.05, 0.1) is 6.61 Å².